The molecular formula is C18H19N5O2. The molecule has 2 aromatic rings. The van der Waals surface area contributed by atoms with Crippen LogP contribution in [0.2, 0.25) is 0 Å². The Labute approximate surface area is 145 Å². The third-order valence-corrected chi connectivity index (χ3v) is 5.14. The van der Waals surface area contributed by atoms with Crippen molar-refractivity contribution in [3.8, 4) is 23.2 Å². The second kappa shape index (κ2) is 6.13. The lowest BCUT2D eigenvalue weighted by molar-refractivity contribution is 0.0725. The smallest absolute Gasteiger partial charge is 0.272 e. The van der Waals surface area contributed by atoms with Crippen LogP contribution in [0.4, 0.5) is 0 Å². The fourth-order valence-corrected chi connectivity index (χ4v) is 3.79. The molecule has 2 aliphatic rings. The highest BCUT2D eigenvalue weighted by atomic mass is 16.5. The molecule has 0 aliphatic carbocycles. The van der Waals surface area contributed by atoms with Gasteiger partial charge in [0.05, 0.1) is 18.8 Å². The lowest BCUT2D eigenvalue weighted by Gasteiger charge is -2.23. The first kappa shape index (κ1) is 15.5. The van der Waals surface area contributed by atoms with Crippen molar-refractivity contribution in [2.75, 3.05) is 26.7 Å². The number of methoxy groups -OCH3 is 1. The number of benzene rings is 1. The molecule has 25 heavy (non-hydrogen) atoms. The highest BCUT2D eigenvalue weighted by Crippen LogP contribution is 2.32. The first-order chi connectivity index (χ1) is 12.2. The molecule has 3 heterocycles. The maximum absolute atomic E-state index is 12.9. The number of fused-ring (bicyclic) bond motifs is 1. The van der Waals surface area contributed by atoms with Crippen molar-refractivity contribution in [1.29, 1.82) is 5.26 Å². The third kappa shape index (κ3) is 2.70. The third-order valence-electron chi connectivity index (χ3n) is 5.14. The lowest BCUT2D eigenvalue weighted by Crippen LogP contribution is -2.39. The van der Waals surface area contributed by atoms with Crippen LogP contribution in [0.5, 0.6) is 5.75 Å². The molecule has 1 amide bonds. The number of rotatable bonds is 3. The second-order valence-corrected chi connectivity index (χ2v) is 6.51. The number of aromatic nitrogens is 2. The van der Waals surface area contributed by atoms with Gasteiger partial charge in [0.1, 0.15) is 11.4 Å². The van der Waals surface area contributed by atoms with Gasteiger partial charge >= 0.3 is 0 Å². The van der Waals surface area contributed by atoms with E-state index in [2.05, 4.69) is 16.4 Å². The van der Waals surface area contributed by atoms with Crippen LogP contribution in [0.1, 0.15) is 16.9 Å². The van der Waals surface area contributed by atoms with Gasteiger partial charge in [-0.2, -0.15) is 10.4 Å². The SMILES string of the molecule is COc1ccc(-c2cc(C(=O)N3CC[C@@H]4CN(C#N)C[C@@H]43)[nH]n2)cc1. The Bertz CT molecular complexity index is 823. The second-order valence-electron chi connectivity index (χ2n) is 6.51. The Morgan fingerprint density at radius 1 is 1.36 bits per heavy atom. The van der Waals surface area contributed by atoms with E-state index in [4.69, 9.17) is 10.00 Å². The number of nitriles is 1. The molecule has 128 valence electrons. The standard InChI is InChI=1S/C18H19N5O2/c1-25-14-4-2-12(3-5-14)15-8-16(21-20-15)18(24)23-7-6-13-9-22(11-19)10-17(13)23/h2-5,8,13,17H,6-7,9-10H2,1H3,(H,20,21)/t13-,17+/m1/s1. The topological polar surface area (TPSA) is 85.2 Å². The molecule has 0 unspecified atom stereocenters. The Kier molecular flexibility index (Phi) is 3.80. The van der Waals surface area contributed by atoms with Gasteiger partial charge in [-0.05, 0) is 36.8 Å². The van der Waals surface area contributed by atoms with Crippen LogP contribution in [0, 0.1) is 17.4 Å². The number of hydrogen-bond acceptors (Lipinski definition) is 5. The van der Waals surface area contributed by atoms with E-state index in [9.17, 15) is 4.79 Å². The van der Waals surface area contributed by atoms with Gasteiger partial charge in [-0.25, -0.2) is 0 Å². The number of aromatic amines is 1. The summed E-state index contributed by atoms with van der Waals surface area (Å²) in [4.78, 5) is 16.5. The molecule has 7 heteroatoms. The van der Waals surface area contributed by atoms with E-state index in [1.54, 1.807) is 18.1 Å². The predicted octanol–water partition coefficient (Wildman–Crippen LogP) is 1.71. The molecular weight excluding hydrogens is 318 g/mol. The number of hydrogen-bond donors (Lipinski definition) is 1. The minimum atomic E-state index is -0.0421. The molecule has 2 atom stereocenters. The number of amides is 1. The first-order valence-corrected chi connectivity index (χ1v) is 8.35. The van der Waals surface area contributed by atoms with Crippen molar-refractivity contribution in [2.24, 2.45) is 5.92 Å². The zero-order valence-corrected chi connectivity index (χ0v) is 14.0. The van der Waals surface area contributed by atoms with Crippen LogP contribution >= 0.6 is 0 Å². The monoisotopic (exact) mass is 337 g/mol. The zero-order valence-electron chi connectivity index (χ0n) is 14.0. The average Bonchev–Trinajstić information content (AvgIpc) is 3.36. The number of nitrogens with zero attached hydrogens (tertiary/aromatic N) is 4. The lowest BCUT2D eigenvalue weighted by atomic mass is 10.1. The van der Waals surface area contributed by atoms with Gasteiger partial charge < -0.3 is 14.5 Å². The van der Waals surface area contributed by atoms with Crippen LogP contribution in [-0.2, 0) is 0 Å². The van der Waals surface area contributed by atoms with Gasteiger partial charge in [-0.15, -0.1) is 0 Å². The number of carbonyl (C=O) groups excluding carboxylic acids is 1. The van der Waals surface area contributed by atoms with Crippen molar-refractivity contribution < 1.29 is 9.53 Å². The van der Waals surface area contributed by atoms with E-state index < -0.39 is 0 Å². The molecule has 2 fully saturated rings. The minimum Gasteiger partial charge on any atom is -0.497 e. The molecule has 0 radical (unpaired) electrons. The number of ether oxygens (including phenoxy) is 1. The van der Waals surface area contributed by atoms with Gasteiger partial charge in [-0.1, -0.05) is 0 Å². The molecule has 2 aliphatic heterocycles. The first-order valence-electron chi connectivity index (χ1n) is 8.35. The molecule has 4 rings (SSSR count). The largest absolute Gasteiger partial charge is 0.497 e. The number of nitrogens with one attached hydrogen (secondary N) is 1. The van der Waals surface area contributed by atoms with Gasteiger partial charge in [0.15, 0.2) is 6.19 Å². The zero-order chi connectivity index (χ0) is 17.4. The Balaban J connectivity index is 1.52. The minimum absolute atomic E-state index is 0.0421. The number of likely N-dealkylation sites (tertiary alicyclic amines) is 2. The highest BCUT2D eigenvalue weighted by Gasteiger charge is 2.43. The summed E-state index contributed by atoms with van der Waals surface area (Å²) in [6.45, 7) is 2.13. The normalized spacial score (nSPS) is 21.9. The van der Waals surface area contributed by atoms with E-state index in [-0.39, 0.29) is 11.9 Å². The quantitative estimate of drug-likeness (QED) is 0.862. The van der Waals surface area contributed by atoms with E-state index >= 15 is 0 Å². The molecule has 1 aromatic heterocycles. The van der Waals surface area contributed by atoms with E-state index in [0.717, 1.165) is 36.5 Å². The molecule has 0 saturated carbocycles. The van der Waals surface area contributed by atoms with Crippen LogP contribution in [-0.4, -0.2) is 58.7 Å². The van der Waals surface area contributed by atoms with Gasteiger partial charge in [0.2, 0.25) is 0 Å². The summed E-state index contributed by atoms with van der Waals surface area (Å²) in [6.07, 6.45) is 3.14. The molecule has 0 bridgehead atoms. The predicted molar refractivity (Wildman–Crippen MR) is 90.7 cm³/mol. The number of carbonyl (C=O) groups is 1. The summed E-state index contributed by atoms with van der Waals surface area (Å²) >= 11 is 0. The van der Waals surface area contributed by atoms with Crippen molar-refractivity contribution >= 4 is 5.91 Å². The molecule has 1 N–H and O–H groups in total. The van der Waals surface area contributed by atoms with Crippen LogP contribution < -0.4 is 4.74 Å². The number of H-pyrrole nitrogens is 1. The van der Waals surface area contributed by atoms with Crippen molar-refractivity contribution in [1.82, 2.24) is 20.0 Å². The van der Waals surface area contributed by atoms with Crippen molar-refractivity contribution in [3.63, 3.8) is 0 Å². The van der Waals surface area contributed by atoms with Crippen LogP contribution in [0.25, 0.3) is 11.3 Å². The van der Waals surface area contributed by atoms with Gasteiger partial charge in [0, 0.05) is 31.1 Å². The fourth-order valence-electron chi connectivity index (χ4n) is 3.79. The van der Waals surface area contributed by atoms with E-state index in [1.165, 1.54) is 0 Å². The van der Waals surface area contributed by atoms with E-state index in [1.807, 2.05) is 29.2 Å². The molecule has 0 spiro atoms. The van der Waals surface area contributed by atoms with E-state index in [0.29, 0.717) is 18.2 Å². The van der Waals surface area contributed by atoms with Crippen molar-refractivity contribution in [2.45, 2.75) is 12.5 Å². The molecule has 1 aromatic carbocycles. The van der Waals surface area contributed by atoms with Gasteiger partial charge in [-0.3, -0.25) is 9.89 Å². The Hall–Kier alpha value is -3.01. The maximum Gasteiger partial charge on any atom is 0.272 e. The molecule has 7 nitrogen and oxygen atoms in total. The average molecular weight is 337 g/mol. The summed E-state index contributed by atoms with van der Waals surface area (Å²) in [5.41, 5.74) is 2.14. The van der Waals surface area contributed by atoms with Crippen molar-refractivity contribution in [3.05, 3.63) is 36.0 Å². The Morgan fingerprint density at radius 2 is 2.16 bits per heavy atom. The van der Waals surface area contributed by atoms with Crippen LogP contribution in [0.3, 0.4) is 0 Å². The summed E-state index contributed by atoms with van der Waals surface area (Å²) in [5, 5.41) is 16.2. The summed E-state index contributed by atoms with van der Waals surface area (Å²) in [6, 6.07) is 9.47. The summed E-state index contributed by atoms with van der Waals surface area (Å²) in [7, 11) is 1.63. The van der Waals surface area contributed by atoms with Gasteiger partial charge in [0.25, 0.3) is 5.91 Å². The maximum atomic E-state index is 12.9. The fraction of sp³-hybridized carbons (Fsp3) is 0.389. The summed E-state index contributed by atoms with van der Waals surface area (Å²) < 4.78 is 5.16. The summed E-state index contributed by atoms with van der Waals surface area (Å²) in [5.74, 6) is 1.13. The van der Waals surface area contributed by atoms with Crippen LogP contribution in [0.15, 0.2) is 30.3 Å². The highest BCUT2D eigenvalue weighted by molar-refractivity contribution is 5.94. The Morgan fingerprint density at radius 3 is 2.88 bits per heavy atom. The molecule has 2 saturated heterocycles.